The van der Waals surface area contributed by atoms with Crippen LogP contribution >= 0.6 is 0 Å². The number of hydrogen-bond acceptors (Lipinski definition) is 3. The zero-order valence-electron chi connectivity index (χ0n) is 8.75. The SMILES string of the molecule is CS(=O)(=O)NCCCNCCC1CC1. The highest BCUT2D eigenvalue weighted by molar-refractivity contribution is 7.88. The lowest BCUT2D eigenvalue weighted by Gasteiger charge is -2.04. The lowest BCUT2D eigenvalue weighted by molar-refractivity contribution is 0.571. The highest BCUT2D eigenvalue weighted by Gasteiger charge is 2.19. The van der Waals surface area contributed by atoms with Gasteiger partial charge in [0, 0.05) is 6.54 Å². The minimum Gasteiger partial charge on any atom is -0.317 e. The van der Waals surface area contributed by atoms with E-state index in [1.165, 1.54) is 25.5 Å². The molecule has 0 spiro atoms. The van der Waals surface area contributed by atoms with E-state index in [-0.39, 0.29) is 0 Å². The van der Waals surface area contributed by atoms with Crippen molar-refractivity contribution < 1.29 is 8.42 Å². The molecule has 0 atom stereocenters. The Bertz CT molecular complexity index is 248. The topological polar surface area (TPSA) is 58.2 Å². The molecule has 14 heavy (non-hydrogen) atoms. The van der Waals surface area contributed by atoms with Crippen LogP contribution in [-0.2, 0) is 10.0 Å². The van der Waals surface area contributed by atoms with E-state index >= 15 is 0 Å². The second-order valence-electron chi connectivity index (χ2n) is 4.00. The Kier molecular flexibility index (Phi) is 4.84. The van der Waals surface area contributed by atoms with Crippen molar-refractivity contribution >= 4 is 10.0 Å². The molecule has 1 aliphatic rings. The van der Waals surface area contributed by atoms with Crippen LogP contribution < -0.4 is 10.0 Å². The number of hydrogen-bond donors (Lipinski definition) is 2. The summed E-state index contributed by atoms with van der Waals surface area (Å²) in [6.07, 6.45) is 6.12. The van der Waals surface area contributed by atoms with Gasteiger partial charge in [-0.2, -0.15) is 0 Å². The van der Waals surface area contributed by atoms with Crippen molar-refractivity contribution in [2.45, 2.75) is 25.7 Å². The summed E-state index contributed by atoms with van der Waals surface area (Å²) in [6, 6.07) is 0. The van der Waals surface area contributed by atoms with Crippen molar-refractivity contribution in [3.8, 4) is 0 Å². The van der Waals surface area contributed by atoms with E-state index in [9.17, 15) is 8.42 Å². The first-order chi connectivity index (χ1) is 6.58. The molecule has 0 saturated heterocycles. The molecule has 1 fully saturated rings. The molecule has 0 amide bonds. The molecule has 0 heterocycles. The van der Waals surface area contributed by atoms with Gasteiger partial charge in [-0.05, 0) is 31.8 Å². The fourth-order valence-electron chi connectivity index (χ4n) is 1.31. The van der Waals surface area contributed by atoms with Gasteiger partial charge in [-0.1, -0.05) is 12.8 Å². The molecule has 1 saturated carbocycles. The summed E-state index contributed by atoms with van der Waals surface area (Å²) < 4.78 is 23.8. The van der Waals surface area contributed by atoms with Crippen LogP contribution in [0.1, 0.15) is 25.7 Å². The third-order valence-corrected chi connectivity index (χ3v) is 3.05. The molecule has 1 rings (SSSR count). The second kappa shape index (κ2) is 5.68. The highest BCUT2D eigenvalue weighted by atomic mass is 32.2. The fraction of sp³-hybridized carbons (Fsp3) is 1.00. The van der Waals surface area contributed by atoms with Gasteiger partial charge in [0.15, 0.2) is 0 Å². The molecule has 0 bridgehead atoms. The molecule has 0 radical (unpaired) electrons. The van der Waals surface area contributed by atoms with Crippen LogP contribution in [0, 0.1) is 5.92 Å². The summed E-state index contributed by atoms with van der Waals surface area (Å²) in [4.78, 5) is 0. The molecule has 0 aromatic rings. The molecule has 1 aliphatic carbocycles. The summed E-state index contributed by atoms with van der Waals surface area (Å²) in [6.45, 7) is 2.51. The lowest BCUT2D eigenvalue weighted by Crippen LogP contribution is -2.26. The second-order valence-corrected chi connectivity index (χ2v) is 5.84. The van der Waals surface area contributed by atoms with Gasteiger partial charge in [-0.25, -0.2) is 13.1 Å². The zero-order chi connectivity index (χ0) is 10.4. The van der Waals surface area contributed by atoms with Crippen molar-refractivity contribution in [1.82, 2.24) is 10.0 Å². The maximum atomic E-state index is 10.7. The van der Waals surface area contributed by atoms with Gasteiger partial charge in [-0.3, -0.25) is 0 Å². The number of rotatable bonds is 8. The van der Waals surface area contributed by atoms with Crippen molar-refractivity contribution in [2.75, 3.05) is 25.9 Å². The minimum atomic E-state index is -3.00. The Morgan fingerprint density at radius 3 is 2.50 bits per heavy atom. The summed E-state index contributed by atoms with van der Waals surface area (Å²) in [5.74, 6) is 0.969. The number of nitrogens with one attached hydrogen (secondary N) is 2. The van der Waals surface area contributed by atoms with Crippen LogP contribution in [0.15, 0.2) is 0 Å². The van der Waals surface area contributed by atoms with Gasteiger partial charge < -0.3 is 5.32 Å². The van der Waals surface area contributed by atoms with Gasteiger partial charge in [0.05, 0.1) is 6.26 Å². The third-order valence-electron chi connectivity index (χ3n) is 2.32. The maximum Gasteiger partial charge on any atom is 0.208 e. The van der Waals surface area contributed by atoms with Gasteiger partial charge >= 0.3 is 0 Å². The molecule has 0 aliphatic heterocycles. The van der Waals surface area contributed by atoms with E-state index in [0.29, 0.717) is 6.54 Å². The van der Waals surface area contributed by atoms with Gasteiger partial charge in [0.25, 0.3) is 0 Å². The van der Waals surface area contributed by atoms with Crippen molar-refractivity contribution in [1.29, 1.82) is 0 Å². The predicted molar refractivity (Wildman–Crippen MR) is 57.7 cm³/mol. The summed E-state index contributed by atoms with van der Waals surface area (Å²) in [5, 5.41) is 3.31. The highest BCUT2D eigenvalue weighted by Crippen LogP contribution is 2.31. The Morgan fingerprint density at radius 2 is 1.93 bits per heavy atom. The van der Waals surface area contributed by atoms with Crippen LogP contribution in [0.2, 0.25) is 0 Å². The van der Waals surface area contributed by atoms with Crippen molar-refractivity contribution in [3.63, 3.8) is 0 Å². The molecule has 84 valence electrons. The van der Waals surface area contributed by atoms with E-state index in [1.807, 2.05) is 0 Å². The average Bonchev–Trinajstić information content (AvgIpc) is 2.84. The Hall–Kier alpha value is -0.130. The van der Waals surface area contributed by atoms with E-state index in [2.05, 4.69) is 10.0 Å². The molecule has 2 N–H and O–H groups in total. The maximum absolute atomic E-state index is 10.7. The largest absolute Gasteiger partial charge is 0.317 e. The molecule has 5 heteroatoms. The summed E-state index contributed by atoms with van der Waals surface area (Å²) in [5.41, 5.74) is 0. The van der Waals surface area contributed by atoms with Gasteiger partial charge in [-0.15, -0.1) is 0 Å². The van der Waals surface area contributed by atoms with Crippen LogP contribution in [-0.4, -0.2) is 34.3 Å². The summed E-state index contributed by atoms with van der Waals surface area (Å²) >= 11 is 0. The van der Waals surface area contributed by atoms with E-state index in [0.717, 1.165) is 25.4 Å². The molecule has 4 nitrogen and oxygen atoms in total. The third kappa shape index (κ3) is 7.29. The molecule has 0 aromatic heterocycles. The number of sulfonamides is 1. The first-order valence-corrected chi connectivity index (χ1v) is 7.12. The first-order valence-electron chi connectivity index (χ1n) is 5.23. The Balaban J connectivity index is 1.79. The smallest absolute Gasteiger partial charge is 0.208 e. The molecular weight excluding hydrogens is 200 g/mol. The molecule has 0 aromatic carbocycles. The van der Waals surface area contributed by atoms with E-state index in [4.69, 9.17) is 0 Å². The monoisotopic (exact) mass is 220 g/mol. The predicted octanol–water partition coefficient (Wildman–Crippen LogP) is 0.315. The normalized spacial score (nSPS) is 17.2. The van der Waals surface area contributed by atoms with E-state index < -0.39 is 10.0 Å². The standard InChI is InChI=1S/C9H20N2O2S/c1-14(12,13)11-7-2-6-10-8-5-9-3-4-9/h9-11H,2-8H2,1H3. The minimum absolute atomic E-state index is 0.537. The Morgan fingerprint density at radius 1 is 1.21 bits per heavy atom. The molecule has 0 unspecified atom stereocenters. The van der Waals surface area contributed by atoms with Gasteiger partial charge in [0.2, 0.25) is 10.0 Å². The first kappa shape index (κ1) is 11.9. The van der Waals surface area contributed by atoms with Crippen LogP contribution in [0.25, 0.3) is 0 Å². The Labute approximate surface area is 86.5 Å². The summed E-state index contributed by atoms with van der Waals surface area (Å²) in [7, 11) is -3.00. The molecular formula is C9H20N2O2S. The lowest BCUT2D eigenvalue weighted by atomic mass is 10.3. The van der Waals surface area contributed by atoms with E-state index in [1.54, 1.807) is 0 Å². The van der Waals surface area contributed by atoms with Crippen LogP contribution in [0.4, 0.5) is 0 Å². The van der Waals surface area contributed by atoms with Crippen LogP contribution in [0.5, 0.6) is 0 Å². The quantitative estimate of drug-likeness (QED) is 0.579. The average molecular weight is 220 g/mol. The van der Waals surface area contributed by atoms with Gasteiger partial charge in [0.1, 0.15) is 0 Å². The van der Waals surface area contributed by atoms with Crippen molar-refractivity contribution in [2.24, 2.45) is 5.92 Å². The van der Waals surface area contributed by atoms with Crippen LogP contribution in [0.3, 0.4) is 0 Å². The fourth-order valence-corrected chi connectivity index (χ4v) is 1.82. The van der Waals surface area contributed by atoms with Crippen molar-refractivity contribution in [3.05, 3.63) is 0 Å². The zero-order valence-corrected chi connectivity index (χ0v) is 9.57.